The molecule has 3 heteroatoms. The van der Waals surface area contributed by atoms with Crippen molar-refractivity contribution in [2.24, 2.45) is 17.6 Å². The van der Waals surface area contributed by atoms with Crippen LogP contribution in [0.1, 0.15) is 51.2 Å². The van der Waals surface area contributed by atoms with Crippen molar-refractivity contribution in [1.82, 2.24) is 4.90 Å². The fraction of sp³-hybridized carbons (Fsp3) is 0.765. The van der Waals surface area contributed by atoms with E-state index in [-0.39, 0.29) is 0 Å². The Balaban J connectivity index is 1.73. The van der Waals surface area contributed by atoms with Crippen LogP contribution in [0.4, 0.5) is 0 Å². The highest BCUT2D eigenvalue weighted by molar-refractivity contribution is 5.02. The van der Waals surface area contributed by atoms with Crippen molar-refractivity contribution in [3.63, 3.8) is 0 Å². The first kappa shape index (κ1) is 14.2. The molecule has 3 nitrogen and oxygen atoms in total. The highest BCUT2D eigenvalue weighted by Crippen LogP contribution is 2.39. The Morgan fingerprint density at radius 1 is 1.30 bits per heavy atom. The summed E-state index contributed by atoms with van der Waals surface area (Å²) in [4.78, 5) is 2.71. The number of nitrogens with zero attached hydrogens (tertiary/aromatic N) is 1. The lowest BCUT2D eigenvalue weighted by atomic mass is 9.76. The molecule has 2 aliphatic rings. The minimum Gasteiger partial charge on any atom is -0.468 e. The van der Waals surface area contributed by atoms with Crippen LogP contribution < -0.4 is 5.73 Å². The van der Waals surface area contributed by atoms with E-state index < -0.39 is 0 Å². The van der Waals surface area contributed by atoms with Gasteiger partial charge in [-0.1, -0.05) is 19.8 Å². The topological polar surface area (TPSA) is 42.4 Å². The monoisotopic (exact) mass is 276 g/mol. The smallest absolute Gasteiger partial charge is 0.117 e. The Labute approximate surface area is 122 Å². The second-order valence-electron chi connectivity index (χ2n) is 6.63. The molecule has 2 N–H and O–H groups in total. The molecule has 1 heterocycles. The van der Waals surface area contributed by atoms with E-state index in [9.17, 15) is 0 Å². The first-order chi connectivity index (χ1) is 9.81. The lowest BCUT2D eigenvalue weighted by Crippen LogP contribution is -2.47. The molecule has 0 saturated heterocycles. The number of hydrogen-bond donors (Lipinski definition) is 1. The molecular formula is C17H28N2O. The summed E-state index contributed by atoms with van der Waals surface area (Å²) in [5.74, 6) is 2.67. The van der Waals surface area contributed by atoms with Crippen molar-refractivity contribution in [3.05, 3.63) is 24.2 Å². The van der Waals surface area contributed by atoms with Crippen molar-refractivity contribution in [1.29, 1.82) is 0 Å². The maximum Gasteiger partial charge on any atom is 0.117 e. The minimum atomic E-state index is 0.663. The van der Waals surface area contributed by atoms with Gasteiger partial charge in [-0.2, -0.15) is 0 Å². The maximum absolute atomic E-state index is 6.06. The van der Waals surface area contributed by atoms with Gasteiger partial charge in [-0.15, -0.1) is 0 Å². The molecule has 1 aromatic rings. The SMILES string of the molecule is CCC1CCC(CN)C(N(Cc2ccco2)C2CC2)C1. The largest absolute Gasteiger partial charge is 0.468 e. The zero-order valence-electron chi connectivity index (χ0n) is 12.6. The zero-order chi connectivity index (χ0) is 13.9. The van der Waals surface area contributed by atoms with Gasteiger partial charge in [0.1, 0.15) is 5.76 Å². The van der Waals surface area contributed by atoms with Gasteiger partial charge in [-0.05, 0) is 56.2 Å². The Morgan fingerprint density at radius 2 is 2.15 bits per heavy atom. The third-order valence-electron chi connectivity index (χ3n) is 5.31. The van der Waals surface area contributed by atoms with Gasteiger partial charge in [0.25, 0.3) is 0 Å². The van der Waals surface area contributed by atoms with E-state index in [2.05, 4.69) is 17.9 Å². The summed E-state index contributed by atoms with van der Waals surface area (Å²) in [5, 5.41) is 0. The van der Waals surface area contributed by atoms with Crippen LogP contribution in [0.15, 0.2) is 22.8 Å². The van der Waals surface area contributed by atoms with Crippen LogP contribution in [-0.2, 0) is 6.54 Å². The Hall–Kier alpha value is -0.800. The Kier molecular flexibility index (Phi) is 4.47. The van der Waals surface area contributed by atoms with Crippen LogP contribution >= 0.6 is 0 Å². The first-order valence-electron chi connectivity index (χ1n) is 8.30. The molecule has 112 valence electrons. The normalized spacial score (nSPS) is 30.9. The molecule has 2 saturated carbocycles. The Bertz CT molecular complexity index is 399. The molecule has 0 aliphatic heterocycles. The van der Waals surface area contributed by atoms with Crippen LogP contribution in [-0.4, -0.2) is 23.5 Å². The van der Waals surface area contributed by atoms with E-state index in [4.69, 9.17) is 10.2 Å². The molecule has 2 fully saturated rings. The molecule has 0 bridgehead atoms. The van der Waals surface area contributed by atoms with Gasteiger partial charge in [0.05, 0.1) is 12.8 Å². The van der Waals surface area contributed by atoms with Crippen LogP contribution in [0, 0.1) is 11.8 Å². The summed E-state index contributed by atoms with van der Waals surface area (Å²) in [6.45, 7) is 4.14. The van der Waals surface area contributed by atoms with Gasteiger partial charge in [-0.3, -0.25) is 4.90 Å². The molecule has 0 aromatic carbocycles. The van der Waals surface area contributed by atoms with Gasteiger partial charge in [-0.25, -0.2) is 0 Å². The first-order valence-corrected chi connectivity index (χ1v) is 8.30. The van der Waals surface area contributed by atoms with Crippen molar-refractivity contribution < 1.29 is 4.42 Å². The molecule has 0 amide bonds. The lowest BCUT2D eigenvalue weighted by molar-refractivity contribution is 0.0621. The van der Waals surface area contributed by atoms with Crippen LogP contribution in [0.5, 0.6) is 0 Å². The minimum absolute atomic E-state index is 0.663. The van der Waals surface area contributed by atoms with E-state index in [0.29, 0.717) is 12.0 Å². The van der Waals surface area contributed by atoms with E-state index in [1.807, 2.05) is 6.07 Å². The van der Waals surface area contributed by atoms with Crippen LogP contribution in [0.2, 0.25) is 0 Å². The third kappa shape index (κ3) is 3.09. The lowest BCUT2D eigenvalue weighted by Gasteiger charge is -2.42. The van der Waals surface area contributed by atoms with Crippen molar-refractivity contribution >= 4 is 0 Å². The molecule has 3 unspecified atom stereocenters. The summed E-state index contributed by atoms with van der Waals surface area (Å²) in [6, 6.07) is 5.54. The van der Waals surface area contributed by atoms with Gasteiger partial charge < -0.3 is 10.2 Å². The summed E-state index contributed by atoms with van der Waals surface area (Å²) >= 11 is 0. The summed E-state index contributed by atoms with van der Waals surface area (Å²) in [6.07, 6.45) is 9.81. The summed E-state index contributed by atoms with van der Waals surface area (Å²) in [7, 11) is 0. The molecule has 2 aliphatic carbocycles. The fourth-order valence-corrected chi connectivity index (χ4v) is 3.85. The molecule has 0 radical (unpaired) electrons. The highest BCUT2D eigenvalue weighted by atomic mass is 16.3. The highest BCUT2D eigenvalue weighted by Gasteiger charge is 2.40. The van der Waals surface area contributed by atoms with Gasteiger partial charge >= 0.3 is 0 Å². The van der Waals surface area contributed by atoms with Crippen LogP contribution in [0.3, 0.4) is 0 Å². The molecule has 3 rings (SSSR count). The summed E-state index contributed by atoms with van der Waals surface area (Å²) < 4.78 is 5.58. The average Bonchev–Trinajstić information content (AvgIpc) is 3.20. The van der Waals surface area contributed by atoms with Crippen LogP contribution in [0.25, 0.3) is 0 Å². The van der Waals surface area contributed by atoms with E-state index in [0.717, 1.165) is 30.8 Å². The molecule has 1 aromatic heterocycles. The molecule has 3 atom stereocenters. The van der Waals surface area contributed by atoms with Crippen molar-refractivity contribution in [3.8, 4) is 0 Å². The van der Waals surface area contributed by atoms with Gasteiger partial charge in [0.2, 0.25) is 0 Å². The average molecular weight is 276 g/mol. The van der Waals surface area contributed by atoms with E-state index in [1.165, 1.54) is 38.5 Å². The van der Waals surface area contributed by atoms with Gasteiger partial charge in [0, 0.05) is 12.1 Å². The molecular weight excluding hydrogens is 248 g/mol. The maximum atomic E-state index is 6.06. The number of rotatable bonds is 6. The second-order valence-corrected chi connectivity index (χ2v) is 6.63. The van der Waals surface area contributed by atoms with Crippen molar-refractivity contribution in [2.45, 2.75) is 64.1 Å². The summed E-state index contributed by atoms with van der Waals surface area (Å²) in [5.41, 5.74) is 6.06. The fourth-order valence-electron chi connectivity index (χ4n) is 3.85. The Morgan fingerprint density at radius 3 is 2.75 bits per heavy atom. The van der Waals surface area contributed by atoms with Crippen molar-refractivity contribution in [2.75, 3.05) is 6.54 Å². The quantitative estimate of drug-likeness (QED) is 0.866. The van der Waals surface area contributed by atoms with E-state index >= 15 is 0 Å². The number of nitrogens with two attached hydrogens (primary N) is 1. The molecule has 20 heavy (non-hydrogen) atoms. The van der Waals surface area contributed by atoms with E-state index in [1.54, 1.807) is 6.26 Å². The van der Waals surface area contributed by atoms with Gasteiger partial charge in [0.15, 0.2) is 0 Å². The third-order valence-corrected chi connectivity index (χ3v) is 5.31. The second kappa shape index (κ2) is 6.31. The number of hydrogen-bond acceptors (Lipinski definition) is 3. The molecule has 0 spiro atoms. The standard InChI is InChI=1S/C17H28N2O/c1-2-13-5-6-14(11-18)17(10-13)19(15-7-8-15)12-16-4-3-9-20-16/h3-4,9,13-15,17H,2,5-8,10-12,18H2,1H3. The predicted octanol–water partition coefficient (Wildman–Crippen LogP) is 3.40. The number of furan rings is 1. The zero-order valence-corrected chi connectivity index (χ0v) is 12.6. The predicted molar refractivity (Wildman–Crippen MR) is 81.2 cm³/mol.